The second-order valence-electron chi connectivity index (χ2n) is 3.75. The van der Waals surface area contributed by atoms with Crippen LogP contribution in [0.15, 0.2) is 30.5 Å². The fourth-order valence-electron chi connectivity index (χ4n) is 1.73. The molecule has 0 aliphatic carbocycles. The van der Waals surface area contributed by atoms with Crippen molar-refractivity contribution < 1.29 is 0 Å². The molecule has 0 amide bonds. The van der Waals surface area contributed by atoms with Gasteiger partial charge < -0.3 is 21.4 Å². The maximum atomic E-state index is 5.39. The lowest BCUT2D eigenvalue weighted by molar-refractivity contribution is 0.823. The van der Waals surface area contributed by atoms with E-state index in [0.717, 1.165) is 5.52 Å². The SMILES string of the molecule is NCCNC(=S)NCc1cccc2[nH]ccc12. The number of hydrogen-bond acceptors (Lipinski definition) is 2. The number of thiocarbonyl (C=S) groups is 1. The molecule has 5 N–H and O–H groups in total. The topological polar surface area (TPSA) is 65.9 Å². The average Bonchev–Trinajstić information content (AvgIpc) is 2.82. The molecule has 2 rings (SSSR count). The molecule has 17 heavy (non-hydrogen) atoms. The van der Waals surface area contributed by atoms with Gasteiger partial charge in [-0.3, -0.25) is 0 Å². The summed E-state index contributed by atoms with van der Waals surface area (Å²) in [7, 11) is 0. The first kappa shape index (κ1) is 11.9. The summed E-state index contributed by atoms with van der Waals surface area (Å²) in [5.74, 6) is 0. The quantitative estimate of drug-likeness (QED) is 0.612. The summed E-state index contributed by atoms with van der Waals surface area (Å²) >= 11 is 5.14. The molecular formula is C12H16N4S. The Kier molecular flexibility index (Phi) is 3.95. The first-order valence-corrected chi connectivity index (χ1v) is 5.99. The minimum Gasteiger partial charge on any atom is -0.361 e. The van der Waals surface area contributed by atoms with Gasteiger partial charge in [0.2, 0.25) is 0 Å². The molecule has 5 heteroatoms. The number of rotatable bonds is 4. The van der Waals surface area contributed by atoms with Crippen LogP contribution in [0.5, 0.6) is 0 Å². The molecule has 1 aromatic carbocycles. The van der Waals surface area contributed by atoms with Crippen molar-refractivity contribution in [1.82, 2.24) is 15.6 Å². The number of H-pyrrole nitrogens is 1. The van der Waals surface area contributed by atoms with Crippen LogP contribution < -0.4 is 16.4 Å². The van der Waals surface area contributed by atoms with E-state index >= 15 is 0 Å². The number of aromatic nitrogens is 1. The molecule has 1 heterocycles. The molecular weight excluding hydrogens is 232 g/mol. The summed E-state index contributed by atoms with van der Waals surface area (Å²) in [6.07, 6.45) is 1.94. The number of fused-ring (bicyclic) bond motifs is 1. The Morgan fingerprint density at radius 2 is 2.18 bits per heavy atom. The van der Waals surface area contributed by atoms with E-state index in [-0.39, 0.29) is 0 Å². The van der Waals surface area contributed by atoms with Crippen molar-refractivity contribution in [3.63, 3.8) is 0 Å². The fourth-order valence-corrected chi connectivity index (χ4v) is 1.90. The summed E-state index contributed by atoms with van der Waals surface area (Å²) in [6, 6.07) is 8.26. The highest BCUT2D eigenvalue weighted by atomic mass is 32.1. The third kappa shape index (κ3) is 2.95. The molecule has 0 bridgehead atoms. The zero-order valence-corrected chi connectivity index (χ0v) is 10.3. The minimum atomic E-state index is 0.579. The first-order valence-electron chi connectivity index (χ1n) is 5.58. The van der Waals surface area contributed by atoms with Crippen molar-refractivity contribution in [3.05, 3.63) is 36.0 Å². The van der Waals surface area contributed by atoms with Crippen LogP contribution in [-0.2, 0) is 6.54 Å². The normalized spacial score (nSPS) is 10.4. The molecule has 0 radical (unpaired) electrons. The highest BCUT2D eigenvalue weighted by Gasteiger charge is 2.01. The summed E-state index contributed by atoms with van der Waals surface area (Å²) in [6.45, 7) is 1.99. The van der Waals surface area contributed by atoms with Crippen molar-refractivity contribution >= 4 is 28.2 Å². The van der Waals surface area contributed by atoms with Crippen molar-refractivity contribution in [2.75, 3.05) is 13.1 Å². The van der Waals surface area contributed by atoms with E-state index in [9.17, 15) is 0 Å². The molecule has 0 saturated carbocycles. The van der Waals surface area contributed by atoms with Crippen LogP contribution >= 0.6 is 12.2 Å². The fraction of sp³-hybridized carbons (Fsp3) is 0.250. The van der Waals surface area contributed by atoms with Crippen LogP contribution in [0.1, 0.15) is 5.56 Å². The molecule has 0 fully saturated rings. The summed E-state index contributed by atoms with van der Waals surface area (Å²) in [5, 5.41) is 8.06. The van der Waals surface area contributed by atoms with Crippen LogP contribution in [0.2, 0.25) is 0 Å². The van der Waals surface area contributed by atoms with Gasteiger partial charge in [0.15, 0.2) is 5.11 Å². The van der Waals surface area contributed by atoms with Gasteiger partial charge >= 0.3 is 0 Å². The zero-order chi connectivity index (χ0) is 12.1. The van der Waals surface area contributed by atoms with Gasteiger partial charge in [-0.05, 0) is 29.9 Å². The van der Waals surface area contributed by atoms with E-state index in [0.29, 0.717) is 24.7 Å². The van der Waals surface area contributed by atoms with E-state index < -0.39 is 0 Å². The third-order valence-corrected chi connectivity index (χ3v) is 2.84. The summed E-state index contributed by atoms with van der Waals surface area (Å²) in [5.41, 5.74) is 7.76. The average molecular weight is 248 g/mol. The number of benzene rings is 1. The maximum Gasteiger partial charge on any atom is 0.166 e. The van der Waals surface area contributed by atoms with Crippen molar-refractivity contribution in [2.45, 2.75) is 6.54 Å². The minimum absolute atomic E-state index is 0.579. The second kappa shape index (κ2) is 5.65. The van der Waals surface area contributed by atoms with E-state index in [1.54, 1.807) is 0 Å². The lowest BCUT2D eigenvalue weighted by atomic mass is 10.1. The lowest BCUT2D eigenvalue weighted by Crippen LogP contribution is -2.37. The van der Waals surface area contributed by atoms with E-state index in [1.165, 1.54) is 10.9 Å². The van der Waals surface area contributed by atoms with E-state index in [2.05, 4.69) is 33.8 Å². The number of nitrogens with one attached hydrogen (secondary N) is 3. The van der Waals surface area contributed by atoms with Gasteiger partial charge in [0.1, 0.15) is 0 Å². The van der Waals surface area contributed by atoms with Gasteiger partial charge in [-0.1, -0.05) is 12.1 Å². The van der Waals surface area contributed by atoms with Gasteiger partial charge in [-0.25, -0.2) is 0 Å². The third-order valence-electron chi connectivity index (χ3n) is 2.55. The first-order chi connectivity index (χ1) is 8.31. The Bertz CT molecular complexity index is 506. The number of nitrogens with two attached hydrogens (primary N) is 1. The summed E-state index contributed by atoms with van der Waals surface area (Å²) in [4.78, 5) is 3.19. The second-order valence-corrected chi connectivity index (χ2v) is 4.16. The van der Waals surface area contributed by atoms with Crippen LogP contribution in [0.3, 0.4) is 0 Å². The lowest BCUT2D eigenvalue weighted by Gasteiger charge is -2.10. The molecule has 1 aromatic heterocycles. The molecule has 0 spiro atoms. The Morgan fingerprint density at radius 3 is 3.00 bits per heavy atom. The molecule has 0 atom stereocenters. The van der Waals surface area contributed by atoms with Gasteiger partial charge in [0.25, 0.3) is 0 Å². The molecule has 0 unspecified atom stereocenters. The maximum absolute atomic E-state index is 5.39. The van der Waals surface area contributed by atoms with Crippen molar-refractivity contribution in [1.29, 1.82) is 0 Å². The Hall–Kier alpha value is -1.59. The Morgan fingerprint density at radius 1 is 1.29 bits per heavy atom. The Balaban J connectivity index is 1.99. The molecule has 2 aromatic rings. The monoisotopic (exact) mass is 248 g/mol. The Labute approximate surface area is 106 Å². The predicted octanol–water partition coefficient (Wildman–Crippen LogP) is 1.09. The van der Waals surface area contributed by atoms with Crippen molar-refractivity contribution in [2.24, 2.45) is 5.73 Å². The van der Waals surface area contributed by atoms with Gasteiger partial charge in [0.05, 0.1) is 0 Å². The molecule has 0 aliphatic heterocycles. The number of hydrogen-bond donors (Lipinski definition) is 4. The number of aromatic amines is 1. The van der Waals surface area contributed by atoms with Crippen LogP contribution in [-0.4, -0.2) is 23.2 Å². The highest BCUT2D eigenvalue weighted by molar-refractivity contribution is 7.80. The van der Waals surface area contributed by atoms with Gasteiger partial charge in [-0.15, -0.1) is 0 Å². The highest BCUT2D eigenvalue weighted by Crippen LogP contribution is 2.16. The van der Waals surface area contributed by atoms with Crippen LogP contribution in [0.25, 0.3) is 10.9 Å². The van der Waals surface area contributed by atoms with Gasteiger partial charge in [-0.2, -0.15) is 0 Å². The molecule has 90 valence electrons. The van der Waals surface area contributed by atoms with Gasteiger partial charge in [0, 0.05) is 36.7 Å². The van der Waals surface area contributed by atoms with Crippen LogP contribution in [0, 0.1) is 0 Å². The zero-order valence-electron chi connectivity index (χ0n) is 9.49. The molecule has 0 aliphatic rings. The largest absolute Gasteiger partial charge is 0.361 e. The molecule has 0 saturated heterocycles. The van der Waals surface area contributed by atoms with E-state index in [1.807, 2.05) is 12.3 Å². The summed E-state index contributed by atoms with van der Waals surface area (Å²) < 4.78 is 0. The molecule has 4 nitrogen and oxygen atoms in total. The van der Waals surface area contributed by atoms with E-state index in [4.69, 9.17) is 18.0 Å². The van der Waals surface area contributed by atoms with Crippen LogP contribution in [0.4, 0.5) is 0 Å². The predicted molar refractivity (Wildman–Crippen MR) is 74.8 cm³/mol. The smallest absolute Gasteiger partial charge is 0.166 e. The van der Waals surface area contributed by atoms with Crippen molar-refractivity contribution in [3.8, 4) is 0 Å². The standard InChI is InChI=1S/C12H16N4S/c13-5-7-15-12(17)16-8-9-2-1-3-11-10(9)4-6-14-11/h1-4,6,14H,5,7-8,13H2,(H2,15,16,17).